The molecule has 0 radical (unpaired) electrons. The summed E-state index contributed by atoms with van der Waals surface area (Å²) in [6.07, 6.45) is -10.2. The quantitative estimate of drug-likeness (QED) is 0.348. The van der Waals surface area contributed by atoms with E-state index >= 15 is 0 Å². The second-order valence-corrected chi connectivity index (χ2v) is 7.33. The fourth-order valence-electron chi connectivity index (χ4n) is 2.92. The first kappa shape index (κ1) is 24.2. The SMILES string of the molecule is O=C(Pc1ccccc1-c1ccccc1)c1c(C(F)(F)F)cccc1C(F)(F)F.[H-].[Li+]. The number of alkyl halides is 6. The third-order valence-electron chi connectivity index (χ3n) is 4.16. The standard InChI is InChI=1S/C21H13F6OP.Li.H/c22-20(23,24)15-10-6-11-16(21(25,26)27)18(15)19(28)29-17-12-5-4-9-14(17)13-7-2-1-3-8-13;;/h1-12,29H;;/q;+1;-1. The molecule has 1 unspecified atom stereocenters. The molecule has 0 spiro atoms. The van der Waals surface area contributed by atoms with Crippen LogP contribution in [0, 0.1) is 0 Å². The zero-order valence-corrected chi connectivity index (χ0v) is 16.6. The number of carbonyl (C=O) groups excluding carboxylic acids is 1. The molecule has 3 aromatic rings. The van der Waals surface area contributed by atoms with E-state index in [2.05, 4.69) is 0 Å². The van der Waals surface area contributed by atoms with Crippen molar-refractivity contribution in [2.45, 2.75) is 12.4 Å². The number of hydrogen-bond acceptors (Lipinski definition) is 1. The maximum Gasteiger partial charge on any atom is 1.00 e. The van der Waals surface area contributed by atoms with Crippen molar-refractivity contribution in [2.24, 2.45) is 0 Å². The van der Waals surface area contributed by atoms with Crippen LogP contribution < -0.4 is 24.2 Å². The normalized spacial score (nSPS) is 12.1. The van der Waals surface area contributed by atoms with Crippen molar-refractivity contribution >= 4 is 19.4 Å². The van der Waals surface area contributed by atoms with Gasteiger partial charge >= 0.3 is 31.2 Å². The van der Waals surface area contributed by atoms with Crippen LogP contribution in [0.4, 0.5) is 26.3 Å². The summed E-state index contributed by atoms with van der Waals surface area (Å²) in [5.41, 5.74) is -4.42. The molecule has 0 amide bonds. The van der Waals surface area contributed by atoms with Gasteiger partial charge in [0.25, 0.3) is 0 Å². The predicted octanol–water partition coefficient (Wildman–Crippen LogP) is 3.65. The van der Waals surface area contributed by atoms with Crippen molar-refractivity contribution in [3.8, 4) is 11.1 Å². The molecule has 0 fully saturated rings. The van der Waals surface area contributed by atoms with E-state index in [1.54, 1.807) is 48.5 Å². The van der Waals surface area contributed by atoms with E-state index in [-0.39, 0.29) is 20.3 Å². The van der Waals surface area contributed by atoms with Gasteiger partial charge in [0.15, 0.2) is 5.52 Å². The molecule has 0 bridgehead atoms. The van der Waals surface area contributed by atoms with Crippen LogP contribution in [0.25, 0.3) is 11.1 Å². The minimum absolute atomic E-state index is 0. The van der Waals surface area contributed by atoms with Gasteiger partial charge < -0.3 is 1.43 Å². The molecular weight excluding hydrogens is 420 g/mol. The molecular formula is C21H14F6LiOP. The smallest absolute Gasteiger partial charge is 1.00 e. The van der Waals surface area contributed by atoms with E-state index in [0.29, 0.717) is 34.6 Å². The monoisotopic (exact) mass is 434 g/mol. The molecule has 0 heterocycles. The van der Waals surface area contributed by atoms with E-state index < -0.39 is 43.1 Å². The average Bonchev–Trinajstić information content (AvgIpc) is 2.67. The molecule has 0 saturated carbocycles. The summed E-state index contributed by atoms with van der Waals surface area (Å²) in [6.45, 7) is 0. The summed E-state index contributed by atoms with van der Waals surface area (Å²) in [5.74, 6) is 0. The van der Waals surface area contributed by atoms with Crippen molar-refractivity contribution in [1.29, 1.82) is 0 Å². The third kappa shape index (κ3) is 5.34. The van der Waals surface area contributed by atoms with Gasteiger partial charge in [-0.1, -0.05) is 60.7 Å². The Morgan fingerprint density at radius 3 is 1.73 bits per heavy atom. The van der Waals surface area contributed by atoms with Crippen LogP contribution in [0.2, 0.25) is 0 Å². The number of hydrogen-bond donors (Lipinski definition) is 0. The summed E-state index contributed by atoms with van der Waals surface area (Å²) < 4.78 is 80.1. The predicted molar refractivity (Wildman–Crippen MR) is 102 cm³/mol. The Hall–Kier alpha value is -2.06. The molecule has 1 atom stereocenters. The Morgan fingerprint density at radius 1 is 0.700 bits per heavy atom. The third-order valence-corrected chi connectivity index (χ3v) is 5.34. The van der Waals surface area contributed by atoms with Crippen LogP contribution in [-0.4, -0.2) is 5.52 Å². The van der Waals surface area contributed by atoms with Gasteiger partial charge in [0.2, 0.25) is 0 Å². The van der Waals surface area contributed by atoms with Crippen molar-refractivity contribution in [1.82, 2.24) is 0 Å². The Balaban J connectivity index is 0.00000240. The van der Waals surface area contributed by atoms with Gasteiger partial charge in [-0.15, -0.1) is 0 Å². The Kier molecular flexibility index (Phi) is 7.58. The molecule has 0 aliphatic heterocycles. The van der Waals surface area contributed by atoms with Crippen molar-refractivity contribution in [2.75, 3.05) is 0 Å². The van der Waals surface area contributed by atoms with Crippen molar-refractivity contribution < 1.29 is 51.4 Å². The van der Waals surface area contributed by atoms with Gasteiger partial charge in [0, 0.05) is 5.56 Å². The van der Waals surface area contributed by atoms with Crippen LogP contribution in [0.1, 0.15) is 22.9 Å². The molecule has 152 valence electrons. The van der Waals surface area contributed by atoms with Crippen molar-refractivity contribution in [3.63, 3.8) is 0 Å². The first-order valence-corrected chi connectivity index (χ1v) is 9.32. The fourth-order valence-corrected chi connectivity index (χ4v) is 4.10. The fraction of sp³-hybridized carbons (Fsp3) is 0.0952. The maximum atomic E-state index is 13.3. The molecule has 0 N–H and O–H groups in total. The van der Waals surface area contributed by atoms with Gasteiger partial charge in [-0.05, 0) is 37.1 Å². The minimum atomic E-state index is -5.09. The molecule has 0 aromatic heterocycles. The molecule has 30 heavy (non-hydrogen) atoms. The van der Waals surface area contributed by atoms with Gasteiger partial charge in [-0.2, -0.15) is 26.3 Å². The van der Waals surface area contributed by atoms with Crippen LogP contribution >= 0.6 is 8.58 Å². The first-order valence-electron chi connectivity index (χ1n) is 8.32. The second kappa shape index (κ2) is 9.39. The summed E-state index contributed by atoms with van der Waals surface area (Å²) >= 11 is 0. The van der Waals surface area contributed by atoms with Gasteiger partial charge in [0.05, 0.1) is 11.1 Å². The molecule has 0 saturated heterocycles. The molecule has 1 nitrogen and oxygen atoms in total. The van der Waals surface area contributed by atoms with Crippen LogP contribution in [0.3, 0.4) is 0 Å². The minimum Gasteiger partial charge on any atom is -1.00 e. The van der Waals surface area contributed by atoms with Crippen LogP contribution in [0.5, 0.6) is 0 Å². The number of benzene rings is 3. The van der Waals surface area contributed by atoms with E-state index in [1.165, 1.54) is 6.07 Å². The Labute approximate surface area is 183 Å². The molecule has 0 aliphatic carbocycles. The number of carbonyl (C=O) groups is 1. The van der Waals surface area contributed by atoms with Crippen LogP contribution in [-0.2, 0) is 12.4 Å². The van der Waals surface area contributed by atoms with Gasteiger partial charge in [0.1, 0.15) is 0 Å². The summed E-state index contributed by atoms with van der Waals surface area (Å²) in [6, 6.07) is 16.9. The van der Waals surface area contributed by atoms with E-state index in [4.69, 9.17) is 0 Å². The van der Waals surface area contributed by atoms with E-state index in [1.807, 2.05) is 0 Å². The molecule has 0 aliphatic rings. The topological polar surface area (TPSA) is 17.1 Å². The van der Waals surface area contributed by atoms with E-state index in [9.17, 15) is 31.1 Å². The van der Waals surface area contributed by atoms with Gasteiger partial charge in [-0.3, -0.25) is 4.79 Å². The van der Waals surface area contributed by atoms with E-state index in [0.717, 1.165) is 0 Å². The van der Waals surface area contributed by atoms with Crippen molar-refractivity contribution in [3.05, 3.63) is 89.5 Å². The zero-order valence-electron chi connectivity index (χ0n) is 16.6. The second-order valence-electron chi connectivity index (χ2n) is 6.09. The number of halogens is 6. The zero-order chi connectivity index (χ0) is 21.2. The van der Waals surface area contributed by atoms with Crippen LogP contribution in [0.15, 0.2) is 72.8 Å². The summed E-state index contributed by atoms with van der Waals surface area (Å²) in [4.78, 5) is 12.7. The van der Waals surface area contributed by atoms with Gasteiger partial charge in [-0.25, -0.2) is 0 Å². The molecule has 9 heteroatoms. The maximum absolute atomic E-state index is 13.3. The molecule has 3 aromatic carbocycles. The average molecular weight is 434 g/mol. The Morgan fingerprint density at radius 2 is 1.20 bits per heavy atom. The number of rotatable bonds is 4. The summed E-state index contributed by atoms with van der Waals surface area (Å²) in [7, 11) is -0.908. The summed E-state index contributed by atoms with van der Waals surface area (Å²) in [5, 5.41) is 0.369. The Bertz CT molecular complexity index is 1010. The largest absolute Gasteiger partial charge is 1.00 e. The molecule has 3 rings (SSSR count). The first-order chi connectivity index (χ1) is 13.6.